The van der Waals surface area contributed by atoms with Crippen LogP contribution in [0.3, 0.4) is 0 Å². The predicted molar refractivity (Wildman–Crippen MR) is 147 cm³/mol. The Morgan fingerprint density at radius 3 is 2.69 bits per heavy atom. The van der Waals surface area contributed by atoms with E-state index in [0.29, 0.717) is 43.2 Å². The van der Waals surface area contributed by atoms with Gasteiger partial charge in [0.1, 0.15) is 24.9 Å². The molecule has 3 amide bonds. The number of cyclic esters (lactones) is 1. The number of likely N-dealkylation sites (tertiary alicyclic amines) is 1. The summed E-state index contributed by atoms with van der Waals surface area (Å²) in [6.07, 6.45) is 2.08. The number of hydrogen-bond acceptors (Lipinski definition) is 8. The number of thiophene rings is 1. The monoisotopic (exact) mass is 552 g/mol. The van der Waals surface area contributed by atoms with Gasteiger partial charge in [0, 0.05) is 38.3 Å². The van der Waals surface area contributed by atoms with Gasteiger partial charge < -0.3 is 19.9 Å². The third-order valence-electron chi connectivity index (χ3n) is 7.57. The minimum atomic E-state index is -0.421. The van der Waals surface area contributed by atoms with Gasteiger partial charge in [-0.25, -0.2) is 9.78 Å². The normalized spacial score (nSPS) is 17.0. The summed E-state index contributed by atoms with van der Waals surface area (Å²) in [6.45, 7) is 9.36. The summed E-state index contributed by atoms with van der Waals surface area (Å²) in [5.41, 5.74) is 3.25. The second-order valence-electron chi connectivity index (χ2n) is 10.2. The highest BCUT2D eigenvalue weighted by molar-refractivity contribution is 7.07. The van der Waals surface area contributed by atoms with Crippen LogP contribution in [0.4, 0.5) is 4.79 Å². The smallest absolute Gasteiger partial charge is 0.410 e. The molecule has 2 aliphatic heterocycles. The Hall–Kier alpha value is -3.49. The molecule has 1 atom stereocenters. The number of ether oxygens (including phenoxy) is 1. The van der Waals surface area contributed by atoms with Crippen LogP contribution in [0.2, 0.25) is 0 Å². The molecule has 4 heterocycles. The molecule has 39 heavy (non-hydrogen) atoms. The summed E-state index contributed by atoms with van der Waals surface area (Å²) >= 11 is 1.61. The van der Waals surface area contributed by atoms with E-state index in [1.807, 2.05) is 29.3 Å². The highest BCUT2D eigenvalue weighted by Gasteiger charge is 2.32. The number of rotatable bonds is 10. The number of carbonyl (C=O) groups is 3. The van der Waals surface area contributed by atoms with Gasteiger partial charge in [0.25, 0.3) is 5.91 Å². The molecular weight excluding hydrogens is 516 g/mol. The topological polar surface area (TPSA) is 119 Å². The number of aryl methyl sites for hydroxylation is 2. The fourth-order valence-corrected chi connectivity index (χ4v) is 6.02. The zero-order valence-corrected chi connectivity index (χ0v) is 23.6. The van der Waals surface area contributed by atoms with E-state index in [-0.39, 0.29) is 30.4 Å². The Balaban J connectivity index is 1.28. The first-order valence-corrected chi connectivity index (χ1v) is 14.3. The molecule has 1 N–H and O–H groups in total. The van der Waals surface area contributed by atoms with Crippen molar-refractivity contribution in [2.24, 2.45) is 0 Å². The van der Waals surface area contributed by atoms with Crippen molar-refractivity contribution in [3.8, 4) is 6.07 Å². The Bertz CT molecular complexity index is 1200. The van der Waals surface area contributed by atoms with Crippen LogP contribution in [0.5, 0.6) is 0 Å². The van der Waals surface area contributed by atoms with E-state index in [0.717, 1.165) is 43.5 Å². The second kappa shape index (κ2) is 13.0. The maximum absolute atomic E-state index is 13.3. The average molecular weight is 553 g/mol. The Morgan fingerprint density at radius 2 is 2.08 bits per heavy atom. The largest absolute Gasteiger partial charge is 0.448 e. The second-order valence-corrected chi connectivity index (χ2v) is 11.0. The molecule has 0 aromatic carbocycles. The number of pyridine rings is 1. The summed E-state index contributed by atoms with van der Waals surface area (Å²) in [4.78, 5) is 48.0. The van der Waals surface area contributed by atoms with Crippen molar-refractivity contribution in [2.75, 3.05) is 39.3 Å². The van der Waals surface area contributed by atoms with Crippen molar-refractivity contribution < 1.29 is 19.1 Å². The third kappa shape index (κ3) is 7.13. The molecule has 2 fully saturated rings. The molecule has 0 aliphatic carbocycles. The van der Waals surface area contributed by atoms with Crippen molar-refractivity contribution in [1.29, 1.82) is 5.26 Å². The van der Waals surface area contributed by atoms with Gasteiger partial charge in [-0.3, -0.25) is 14.5 Å². The lowest BCUT2D eigenvalue weighted by molar-refractivity contribution is -0.136. The van der Waals surface area contributed by atoms with Crippen LogP contribution in [0.25, 0.3) is 0 Å². The van der Waals surface area contributed by atoms with Crippen LogP contribution in [-0.2, 0) is 16.1 Å². The summed E-state index contributed by atoms with van der Waals surface area (Å²) in [7, 11) is 0. The first-order chi connectivity index (χ1) is 18.8. The van der Waals surface area contributed by atoms with Crippen LogP contribution in [0, 0.1) is 25.2 Å². The molecule has 0 radical (unpaired) electrons. The number of carbonyl (C=O) groups excluding carboxylic acids is 3. The van der Waals surface area contributed by atoms with Gasteiger partial charge in [0.05, 0.1) is 17.8 Å². The number of amides is 3. The van der Waals surface area contributed by atoms with Gasteiger partial charge in [-0.15, -0.1) is 0 Å². The van der Waals surface area contributed by atoms with E-state index in [9.17, 15) is 14.4 Å². The molecule has 11 heteroatoms. The third-order valence-corrected chi connectivity index (χ3v) is 8.31. The molecule has 208 valence electrons. The number of nitriles is 1. The first kappa shape index (κ1) is 28.5. The fraction of sp³-hybridized carbons (Fsp3) is 0.536. The summed E-state index contributed by atoms with van der Waals surface area (Å²) in [5, 5.41) is 16.2. The van der Waals surface area contributed by atoms with Gasteiger partial charge in [0.2, 0.25) is 5.91 Å². The first-order valence-electron chi connectivity index (χ1n) is 13.4. The molecule has 2 aromatic heterocycles. The van der Waals surface area contributed by atoms with Gasteiger partial charge >= 0.3 is 6.09 Å². The molecule has 0 bridgehead atoms. The van der Waals surface area contributed by atoms with E-state index < -0.39 is 6.09 Å². The van der Waals surface area contributed by atoms with E-state index in [2.05, 4.69) is 27.5 Å². The molecule has 10 nitrogen and oxygen atoms in total. The number of aromatic nitrogens is 1. The number of hydrogen-bond donors (Lipinski definition) is 1. The lowest BCUT2D eigenvalue weighted by Crippen LogP contribution is -2.51. The predicted octanol–water partition coefficient (Wildman–Crippen LogP) is 3.09. The van der Waals surface area contributed by atoms with E-state index in [1.54, 1.807) is 24.3 Å². The molecule has 0 spiro atoms. The quantitative estimate of drug-likeness (QED) is 0.481. The molecule has 2 aliphatic rings. The Kier molecular flexibility index (Phi) is 9.54. The van der Waals surface area contributed by atoms with Gasteiger partial charge in [-0.05, 0) is 74.1 Å². The number of piperidine rings is 1. The fourth-order valence-electron chi connectivity index (χ4n) is 5.36. The lowest BCUT2D eigenvalue weighted by atomic mass is 10.00. The Labute approximate surface area is 233 Å². The van der Waals surface area contributed by atoms with Crippen molar-refractivity contribution in [3.05, 3.63) is 51.0 Å². The van der Waals surface area contributed by atoms with Gasteiger partial charge in [0.15, 0.2) is 0 Å². The van der Waals surface area contributed by atoms with Gasteiger partial charge in [-0.1, -0.05) is 0 Å². The summed E-state index contributed by atoms with van der Waals surface area (Å²) in [5.74, 6) is -0.213. The summed E-state index contributed by atoms with van der Waals surface area (Å²) < 4.78 is 5.00. The van der Waals surface area contributed by atoms with Crippen LogP contribution in [-0.4, -0.2) is 89.0 Å². The highest BCUT2D eigenvalue weighted by Crippen LogP contribution is 2.23. The number of nitrogens with zero attached hydrogens (tertiary/aromatic N) is 5. The van der Waals surface area contributed by atoms with Crippen LogP contribution in [0.1, 0.15) is 59.1 Å². The van der Waals surface area contributed by atoms with Crippen molar-refractivity contribution >= 4 is 29.2 Å². The van der Waals surface area contributed by atoms with Crippen LogP contribution >= 0.6 is 11.3 Å². The molecule has 4 rings (SSSR count). The summed E-state index contributed by atoms with van der Waals surface area (Å²) in [6, 6.07) is 6.08. The minimum absolute atomic E-state index is 0.0443. The average Bonchev–Trinajstić information content (AvgIpc) is 3.58. The van der Waals surface area contributed by atoms with Crippen molar-refractivity contribution in [3.63, 3.8) is 0 Å². The molecular formula is C28H36N6O4S. The Morgan fingerprint density at radius 1 is 1.31 bits per heavy atom. The maximum Gasteiger partial charge on any atom is 0.410 e. The maximum atomic E-state index is 13.3. The lowest BCUT2D eigenvalue weighted by Gasteiger charge is -2.41. The SMILES string of the molecule is Cc1cc(C#N)nc(C)c1C(=O)NCCC(C)N1CCC(N(Cc2ccsc2)C(=O)CN2CCOC2=O)CC1. The van der Waals surface area contributed by atoms with E-state index >= 15 is 0 Å². The standard InChI is InChI=1S/C28H36N6O4S/c1-19-14-23(15-29)31-21(3)26(19)27(36)30-8-4-20(2)32-9-5-24(6-10-32)34(16-22-7-13-39-18-22)25(35)17-33-11-12-38-28(33)37/h7,13-14,18,20,24H,4-6,8-12,16-17H2,1-3H3,(H,30,36). The molecule has 2 saturated heterocycles. The van der Waals surface area contributed by atoms with E-state index in [1.165, 1.54) is 4.90 Å². The molecule has 0 saturated carbocycles. The van der Waals surface area contributed by atoms with Gasteiger partial charge in [-0.2, -0.15) is 16.6 Å². The van der Waals surface area contributed by atoms with Crippen LogP contribution in [0.15, 0.2) is 22.9 Å². The van der Waals surface area contributed by atoms with Crippen LogP contribution < -0.4 is 5.32 Å². The molecule has 1 unspecified atom stereocenters. The van der Waals surface area contributed by atoms with E-state index in [4.69, 9.17) is 10.00 Å². The zero-order valence-electron chi connectivity index (χ0n) is 22.8. The minimum Gasteiger partial charge on any atom is -0.448 e. The highest BCUT2D eigenvalue weighted by atomic mass is 32.1. The number of nitrogens with one attached hydrogen (secondary N) is 1. The zero-order chi connectivity index (χ0) is 27.9. The molecule has 2 aromatic rings. The van der Waals surface area contributed by atoms with Crippen molar-refractivity contribution in [2.45, 2.75) is 58.7 Å². The van der Waals surface area contributed by atoms with Crippen molar-refractivity contribution in [1.82, 2.24) is 25.0 Å².